The van der Waals surface area contributed by atoms with Crippen LogP contribution in [0.1, 0.15) is 26.5 Å². The minimum atomic E-state index is -4.39. The van der Waals surface area contributed by atoms with E-state index in [0.29, 0.717) is 10.4 Å². The molecule has 0 radical (unpaired) electrons. The van der Waals surface area contributed by atoms with Gasteiger partial charge in [-0.05, 0) is 42.8 Å². The third-order valence-corrected chi connectivity index (χ3v) is 5.50. The van der Waals surface area contributed by atoms with Crippen molar-refractivity contribution in [3.63, 3.8) is 0 Å². The van der Waals surface area contributed by atoms with Crippen molar-refractivity contribution >= 4 is 33.7 Å². The van der Waals surface area contributed by atoms with Crippen LogP contribution in [-0.2, 0) is 6.18 Å². The monoisotopic (exact) mass is 428 g/mol. The van der Waals surface area contributed by atoms with E-state index in [0.717, 1.165) is 33.7 Å². The molecule has 0 atom stereocenters. The highest BCUT2D eigenvalue weighted by Crippen LogP contribution is 2.30. The molecule has 152 valence electrons. The van der Waals surface area contributed by atoms with Crippen LogP contribution in [0.15, 0.2) is 65.8 Å². The molecule has 0 bridgehead atoms. The minimum absolute atomic E-state index is 0.404. The highest BCUT2D eigenvalue weighted by atomic mass is 32.1. The maximum atomic E-state index is 12.6. The number of hydrogen-bond acceptors (Lipinski definition) is 4. The quantitative estimate of drug-likeness (QED) is 0.360. The molecule has 2 heterocycles. The Kier molecular flexibility index (Phi) is 5.13. The molecule has 0 saturated heterocycles. The molecule has 0 unspecified atom stereocenters. The second-order valence-corrected chi connectivity index (χ2v) is 7.51. The Hall–Kier alpha value is -3.46. The Morgan fingerprint density at radius 1 is 1.13 bits per heavy atom. The third kappa shape index (κ3) is 3.97. The molecule has 0 fully saturated rings. The fourth-order valence-electron chi connectivity index (χ4n) is 2.88. The van der Waals surface area contributed by atoms with Crippen LogP contribution in [-0.4, -0.2) is 21.9 Å². The number of aryl methyl sites for hydroxylation is 1. The average Bonchev–Trinajstić information content (AvgIpc) is 3.29. The van der Waals surface area contributed by atoms with Crippen molar-refractivity contribution in [1.29, 1.82) is 0 Å². The van der Waals surface area contributed by atoms with E-state index in [-0.39, 0.29) is 0 Å². The van der Waals surface area contributed by atoms with Crippen molar-refractivity contribution < 1.29 is 18.0 Å². The second kappa shape index (κ2) is 7.75. The summed E-state index contributed by atoms with van der Waals surface area (Å²) in [6.07, 6.45) is -3.10. The van der Waals surface area contributed by atoms with E-state index in [9.17, 15) is 18.0 Å². The number of thiophene rings is 1. The summed E-state index contributed by atoms with van der Waals surface area (Å²) in [6.45, 7) is 1.87. The molecule has 0 spiro atoms. The molecule has 2 aromatic carbocycles. The standard InChI is InChI=1S/C21H15F3N4OS/c1-13-17-11-18(30-20(17)28(27-13)16-5-3-2-4-6-16)19(29)26-25-12-14-7-9-15(10-8-14)21(22,23)24/h2-12H,1H3,(H,26,29). The maximum Gasteiger partial charge on any atom is 0.416 e. The van der Waals surface area contributed by atoms with Gasteiger partial charge < -0.3 is 0 Å². The normalized spacial score (nSPS) is 12.0. The number of hydrogen-bond donors (Lipinski definition) is 1. The first kappa shape index (κ1) is 19.8. The number of amides is 1. The number of fused-ring (bicyclic) bond motifs is 1. The number of alkyl halides is 3. The number of para-hydroxylation sites is 1. The van der Waals surface area contributed by atoms with Crippen molar-refractivity contribution in [3.8, 4) is 5.69 Å². The van der Waals surface area contributed by atoms with E-state index in [2.05, 4.69) is 15.6 Å². The Morgan fingerprint density at radius 3 is 2.50 bits per heavy atom. The number of nitrogens with one attached hydrogen (secondary N) is 1. The minimum Gasteiger partial charge on any atom is -0.266 e. The Morgan fingerprint density at radius 2 is 1.83 bits per heavy atom. The lowest BCUT2D eigenvalue weighted by Crippen LogP contribution is -2.16. The zero-order chi connectivity index (χ0) is 21.3. The summed E-state index contributed by atoms with van der Waals surface area (Å²) in [5.41, 5.74) is 3.81. The van der Waals surface area contributed by atoms with Crippen LogP contribution in [0.5, 0.6) is 0 Å². The molecule has 5 nitrogen and oxygen atoms in total. The van der Waals surface area contributed by atoms with Crippen LogP contribution < -0.4 is 5.43 Å². The number of hydrazone groups is 1. The smallest absolute Gasteiger partial charge is 0.266 e. The molecule has 4 rings (SSSR count). The van der Waals surface area contributed by atoms with Crippen LogP contribution in [0.25, 0.3) is 15.9 Å². The molecule has 9 heteroatoms. The summed E-state index contributed by atoms with van der Waals surface area (Å²) >= 11 is 1.29. The van der Waals surface area contributed by atoms with Gasteiger partial charge in [0.1, 0.15) is 4.83 Å². The first-order valence-corrected chi connectivity index (χ1v) is 9.70. The van der Waals surface area contributed by atoms with Crippen LogP contribution in [0.3, 0.4) is 0 Å². The van der Waals surface area contributed by atoms with Gasteiger partial charge in [0.2, 0.25) is 0 Å². The fourth-order valence-corrected chi connectivity index (χ4v) is 3.95. The van der Waals surface area contributed by atoms with Crippen LogP contribution in [0.4, 0.5) is 13.2 Å². The number of aromatic nitrogens is 2. The van der Waals surface area contributed by atoms with Crippen molar-refractivity contribution in [3.05, 3.63) is 82.4 Å². The number of carbonyl (C=O) groups is 1. The van der Waals surface area contributed by atoms with Crippen molar-refractivity contribution in [2.24, 2.45) is 5.10 Å². The number of carbonyl (C=O) groups excluding carboxylic acids is 1. The highest BCUT2D eigenvalue weighted by Gasteiger charge is 2.29. The predicted octanol–water partition coefficient (Wildman–Crippen LogP) is 5.18. The Labute approximate surface area is 173 Å². The number of rotatable bonds is 4. The highest BCUT2D eigenvalue weighted by molar-refractivity contribution is 7.20. The number of benzene rings is 2. The van der Waals surface area contributed by atoms with Gasteiger partial charge in [-0.1, -0.05) is 30.3 Å². The first-order chi connectivity index (χ1) is 14.3. The number of nitrogens with zero attached hydrogens (tertiary/aromatic N) is 3. The van der Waals surface area contributed by atoms with Crippen LogP contribution >= 0.6 is 11.3 Å². The molecule has 1 amide bonds. The van der Waals surface area contributed by atoms with Crippen molar-refractivity contribution in [1.82, 2.24) is 15.2 Å². The zero-order valence-electron chi connectivity index (χ0n) is 15.6. The van der Waals surface area contributed by atoms with Gasteiger partial charge in [-0.3, -0.25) is 4.79 Å². The van der Waals surface area contributed by atoms with Gasteiger partial charge in [0.25, 0.3) is 5.91 Å². The molecular formula is C21H15F3N4OS. The van der Waals surface area contributed by atoms with E-state index in [4.69, 9.17) is 0 Å². The molecule has 0 aliphatic rings. The van der Waals surface area contributed by atoms with Gasteiger partial charge in [0.05, 0.1) is 28.0 Å². The lowest BCUT2D eigenvalue weighted by molar-refractivity contribution is -0.137. The molecule has 0 aliphatic heterocycles. The van der Waals surface area contributed by atoms with Crippen molar-refractivity contribution in [2.45, 2.75) is 13.1 Å². The zero-order valence-corrected chi connectivity index (χ0v) is 16.5. The van der Waals surface area contributed by atoms with E-state index >= 15 is 0 Å². The fraction of sp³-hybridized carbons (Fsp3) is 0.0952. The van der Waals surface area contributed by atoms with Gasteiger partial charge in [-0.15, -0.1) is 11.3 Å². The SMILES string of the molecule is Cc1nn(-c2ccccc2)c2sc(C(=O)NN=Cc3ccc(C(F)(F)F)cc3)cc12. The van der Waals surface area contributed by atoms with Crippen LogP contribution in [0.2, 0.25) is 0 Å². The van der Waals surface area contributed by atoms with E-state index < -0.39 is 17.6 Å². The maximum absolute atomic E-state index is 12.6. The molecule has 0 aliphatic carbocycles. The van der Waals surface area contributed by atoms with E-state index in [1.54, 1.807) is 10.7 Å². The Bertz CT molecular complexity index is 1230. The largest absolute Gasteiger partial charge is 0.416 e. The summed E-state index contributed by atoms with van der Waals surface area (Å²) < 4.78 is 39.6. The molecule has 4 aromatic rings. The van der Waals surface area contributed by atoms with Gasteiger partial charge >= 0.3 is 6.18 Å². The molecule has 1 N–H and O–H groups in total. The summed E-state index contributed by atoms with van der Waals surface area (Å²) in [6, 6.07) is 15.9. The topological polar surface area (TPSA) is 59.3 Å². The predicted molar refractivity (Wildman–Crippen MR) is 110 cm³/mol. The molecular weight excluding hydrogens is 413 g/mol. The molecule has 2 aromatic heterocycles. The first-order valence-electron chi connectivity index (χ1n) is 8.88. The summed E-state index contributed by atoms with van der Waals surface area (Å²) in [5, 5.41) is 9.25. The number of halogens is 3. The molecule has 0 saturated carbocycles. The third-order valence-electron chi connectivity index (χ3n) is 4.39. The average molecular weight is 428 g/mol. The van der Waals surface area contributed by atoms with Crippen molar-refractivity contribution in [2.75, 3.05) is 0 Å². The van der Waals surface area contributed by atoms with Gasteiger partial charge in [-0.25, -0.2) is 10.1 Å². The lowest BCUT2D eigenvalue weighted by Gasteiger charge is -2.05. The summed E-state index contributed by atoms with van der Waals surface area (Å²) in [7, 11) is 0. The lowest BCUT2D eigenvalue weighted by atomic mass is 10.1. The molecule has 30 heavy (non-hydrogen) atoms. The van der Waals surface area contributed by atoms with E-state index in [1.165, 1.54) is 29.7 Å². The second-order valence-electron chi connectivity index (χ2n) is 6.48. The van der Waals surface area contributed by atoms with Gasteiger partial charge in [0.15, 0.2) is 0 Å². The van der Waals surface area contributed by atoms with E-state index in [1.807, 2.05) is 37.3 Å². The van der Waals surface area contributed by atoms with Crippen LogP contribution in [0, 0.1) is 6.92 Å². The van der Waals surface area contributed by atoms with Gasteiger partial charge in [-0.2, -0.15) is 23.4 Å². The summed E-state index contributed by atoms with van der Waals surface area (Å²) in [5.74, 6) is -0.404. The van der Waals surface area contributed by atoms with Gasteiger partial charge in [0, 0.05) is 5.39 Å². The summed E-state index contributed by atoms with van der Waals surface area (Å²) in [4.78, 5) is 13.8. The Balaban J connectivity index is 1.51.